The number of amides is 1. The number of ether oxygens (including phenoxy) is 1. The van der Waals surface area contributed by atoms with Crippen LogP contribution in [0.15, 0.2) is 0 Å². The van der Waals surface area contributed by atoms with Gasteiger partial charge in [0.15, 0.2) is 0 Å². The van der Waals surface area contributed by atoms with Crippen molar-refractivity contribution in [3.8, 4) is 0 Å². The summed E-state index contributed by atoms with van der Waals surface area (Å²) in [5, 5.41) is 6.01. The number of nitrogens with one attached hydrogen (secondary N) is 2. The average molecular weight is 246 g/mol. The van der Waals surface area contributed by atoms with Crippen LogP contribution in [-0.4, -0.2) is 43.3 Å². The number of rotatable bonds is 7. The number of hydrogen-bond acceptors (Lipinski definition) is 4. The third-order valence-corrected chi connectivity index (χ3v) is 3.36. The highest BCUT2D eigenvalue weighted by Gasteiger charge is 2.21. The minimum absolute atomic E-state index is 0.0133. The molecule has 1 saturated heterocycles. The molecule has 0 bridgehead atoms. The molecule has 0 aromatic carbocycles. The normalized spacial score (nSPS) is 20.3. The third-order valence-electron chi connectivity index (χ3n) is 2.42. The maximum absolute atomic E-state index is 11.5. The topological polar surface area (TPSA) is 50.4 Å². The Hall–Kier alpha value is -0.260. The smallest absolute Gasteiger partial charge is 0.238 e. The van der Waals surface area contributed by atoms with Crippen LogP contribution < -0.4 is 10.6 Å². The van der Waals surface area contributed by atoms with Crippen molar-refractivity contribution in [3.63, 3.8) is 0 Å². The van der Waals surface area contributed by atoms with Gasteiger partial charge >= 0.3 is 0 Å². The Labute approximate surface area is 102 Å². The Bertz CT molecular complexity index is 206. The molecule has 1 heterocycles. The summed E-state index contributed by atoms with van der Waals surface area (Å²) in [6.07, 6.45) is 1.08. The molecule has 4 nitrogen and oxygen atoms in total. The Balaban J connectivity index is 1.92. The second kappa shape index (κ2) is 7.92. The van der Waals surface area contributed by atoms with Crippen LogP contribution in [0.1, 0.15) is 20.3 Å². The molecule has 1 aliphatic rings. The summed E-state index contributed by atoms with van der Waals surface area (Å²) in [7, 11) is 0. The van der Waals surface area contributed by atoms with Gasteiger partial charge in [0.05, 0.1) is 12.6 Å². The average Bonchev–Trinajstić information content (AvgIpc) is 2.75. The molecule has 1 unspecified atom stereocenters. The van der Waals surface area contributed by atoms with Crippen LogP contribution in [0.5, 0.6) is 0 Å². The van der Waals surface area contributed by atoms with Crippen molar-refractivity contribution in [3.05, 3.63) is 0 Å². The van der Waals surface area contributed by atoms with Gasteiger partial charge in [0.1, 0.15) is 0 Å². The van der Waals surface area contributed by atoms with Gasteiger partial charge in [0.2, 0.25) is 5.91 Å². The van der Waals surface area contributed by atoms with Gasteiger partial charge in [0, 0.05) is 24.8 Å². The van der Waals surface area contributed by atoms with Crippen molar-refractivity contribution in [2.75, 3.05) is 31.4 Å². The molecule has 1 amide bonds. The fourth-order valence-corrected chi connectivity index (χ4v) is 2.30. The summed E-state index contributed by atoms with van der Waals surface area (Å²) in [6, 6.07) is -0.0133. The first kappa shape index (κ1) is 13.8. The van der Waals surface area contributed by atoms with E-state index in [-0.39, 0.29) is 11.9 Å². The summed E-state index contributed by atoms with van der Waals surface area (Å²) >= 11 is 1.76. The van der Waals surface area contributed by atoms with Crippen molar-refractivity contribution in [2.24, 2.45) is 5.92 Å². The number of carbonyl (C=O) groups is 1. The Morgan fingerprint density at radius 2 is 2.38 bits per heavy atom. The summed E-state index contributed by atoms with van der Waals surface area (Å²) in [5.74, 6) is 2.52. The lowest BCUT2D eigenvalue weighted by atomic mass is 10.1. The molecule has 2 N–H and O–H groups in total. The first-order chi connectivity index (χ1) is 7.70. The summed E-state index contributed by atoms with van der Waals surface area (Å²) < 4.78 is 5.42. The molecule has 0 saturated carbocycles. The number of hydrogen-bond donors (Lipinski definition) is 2. The van der Waals surface area contributed by atoms with Crippen LogP contribution in [0.25, 0.3) is 0 Å². The minimum atomic E-state index is -0.0133. The molecule has 1 rings (SSSR count). The minimum Gasteiger partial charge on any atom is -0.380 e. The van der Waals surface area contributed by atoms with Crippen molar-refractivity contribution in [1.82, 2.24) is 10.6 Å². The molecule has 94 valence electrons. The predicted octanol–water partition coefficient (Wildman–Crippen LogP) is 0.828. The highest BCUT2D eigenvalue weighted by molar-refractivity contribution is 7.99. The van der Waals surface area contributed by atoms with Crippen molar-refractivity contribution in [2.45, 2.75) is 26.3 Å². The first-order valence-corrected chi connectivity index (χ1v) is 7.02. The maximum Gasteiger partial charge on any atom is 0.238 e. The van der Waals surface area contributed by atoms with E-state index in [1.54, 1.807) is 11.8 Å². The van der Waals surface area contributed by atoms with Crippen molar-refractivity contribution in [1.29, 1.82) is 0 Å². The van der Waals surface area contributed by atoms with Gasteiger partial charge in [-0.25, -0.2) is 0 Å². The van der Waals surface area contributed by atoms with E-state index in [1.165, 1.54) is 0 Å². The number of thioether (sulfide) groups is 1. The fourth-order valence-electron chi connectivity index (χ4n) is 1.35. The van der Waals surface area contributed by atoms with E-state index in [0.717, 1.165) is 24.7 Å². The zero-order chi connectivity index (χ0) is 11.8. The van der Waals surface area contributed by atoms with Crippen LogP contribution in [-0.2, 0) is 9.53 Å². The van der Waals surface area contributed by atoms with E-state index in [0.29, 0.717) is 19.1 Å². The van der Waals surface area contributed by atoms with Crippen LogP contribution in [0.4, 0.5) is 0 Å². The van der Waals surface area contributed by atoms with E-state index in [4.69, 9.17) is 4.74 Å². The second-order valence-electron chi connectivity index (χ2n) is 4.36. The van der Waals surface area contributed by atoms with Crippen molar-refractivity contribution < 1.29 is 9.53 Å². The molecular weight excluding hydrogens is 224 g/mol. The highest BCUT2D eigenvalue weighted by atomic mass is 32.2. The molecule has 16 heavy (non-hydrogen) atoms. The standard InChI is InChI=1S/C11H22N2O2S/c1-9(2)3-5-15-6-4-12-11(14)10-7-16-8-13-10/h9-10,13H,3-8H2,1-2H3,(H,12,14). The summed E-state index contributed by atoms with van der Waals surface area (Å²) in [4.78, 5) is 11.5. The van der Waals surface area contributed by atoms with Gasteiger partial charge in [0.25, 0.3) is 0 Å². The molecule has 1 aliphatic heterocycles. The van der Waals surface area contributed by atoms with Crippen LogP contribution in [0.3, 0.4) is 0 Å². The molecule has 1 fully saturated rings. The summed E-state index contributed by atoms with van der Waals surface area (Å²) in [5.41, 5.74) is 0. The van der Waals surface area contributed by atoms with Crippen LogP contribution in [0, 0.1) is 5.92 Å². The molecular formula is C11H22N2O2S. The Kier molecular flexibility index (Phi) is 6.84. The first-order valence-electron chi connectivity index (χ1n) is 5.86. The van der Waals surface area contributed by atoms with E-state index in [2.05, 4.69) is 24.5 Å². The lowest BCUT2D eigenvalue weighted by Gasteiger charge is -2.11. The van der Waals surface area contributed by atoms with Gasteiger partial charge in [-0.1, -0.05) is 13.8 Å². The molecule has 0 aromatic heterocycles. The van der Waals surface area contributed by atoms with E-state index in [1.807, 2.05) is 0 Å². The molecule has 5 heteroatoms. The second-order valence-corrected chi connectivity index (χ2v) is 5.39. The molecule has 0 aliphatic carbocycles. The van der Waals surface area contributed by atoms with Gasteiger partial charge in [-0.15, -0.1) is 11.8 Å². The summed E-state index contributed by atoms with van der Waals surface area (Å²) in [6.45, 7) is 6.35. The fraction of sp³-hybridized carbons (Fsp3) is 0.909. The maximum atomic E-state index is 11.5. The molecule has 0 spiro atoms. The SMILES string of the molecule is CC(C)CCOCCNC(=O)C1CSCN1. The van der Waals surface area contributed by atoms with Gasteiger partial charge in [-0.05, 0) is 12.3 Å². The largest absolute Gasteiger partial charge is 0.380 e. The van der Waals surface area contributed by atoms with Crippen LogP contribution in [0.2, 0.25) is 0 Å². The van der Waals surface area contributed by atoms with Crippen LogP contribution >= 0.6 is 11.8 Å². The van der Waals surface area contributed by atoms with E-state index in [9.17, 15) is 4.79 Å². The lowest BCUT2D eigenvalue weighted by Crippen LogP contribution is -2.43. The molecule has 0 aromatic rings. The van der Waals surface area contributed by atoms with Gasteiger partial charge < -0.3 is 10.1 Å². The lowest BCUT2D eigenvalue weighted by molar-refractivity contribution is -0.122. The Morgan fingerprint density at radius 3 is 3.00 bits per heavy atom. The van der Waals surface area contributed by atoms with Crippen molar-refractivity contribution >= 4 is 17.7 Å². The number of carbonyl (C=O) groups excluding carboxylic acids is 1. The quantitative estimate of drug-likeness (QED) is 0.653. The monoisotopic (exact) mass is 246 g/mol. The van der Waals surface area contributed by atoms with E-state index >= 15 is 0 Å². The van der Waals surface area contributed by atoms with Gasteiger partial charge in [-0.2, -0.15) is 0 Å². The van der Waals surface area contributed by atoms with E-state index < -0.39 is 0 Å². The zero-order valence-electron chi connectivity index (χ0n) is 10.1. The molecule has 1 atom stereocenters. The molecule has 0 radical (unpaired) electrons. The van der Waals surface area contributed by atoms with Gasteiger partial charge in [-0.3, -0.25) is 10.1 Å². The third kappa shape index (κ3) is 5.72. The highest BCUT2D eigenvalue weighted by Crippen LogP contribution is 2.08. The zero-order valence-corrected chi connectivity index (χ0v) is 10.9. The Morgan fingerprint density at radius 1 is 1.56 bits per heavy atom. The predicted molar refractivity (Wildman–Crippen MR) is 67.5 cm³/mol.